The van der Waals surface area contributed by atoms with E-state index in [1.54, 1.807) is 0 Å². The van der Waals surface area contributed by atoms with E-state index in [4.69, 9.17) is 0 Å². The maximum atomic E-state index is 4.03. The molecule has 0 fully saturated rings. The van der Waals surface area contributed by atoms with Crippen LogP contribution in [-0.2, 0) is 0 Å². The average Bonchev–Trinajstić information content (AvgIpc) is 3.72. The fourth-order valence-corrected chi connectivity index (χ4v) is 14.1. The summed E-state index contributed by atoms with van der Waals surface area (Å²) in [7, 11) is -2.75. The summed E-state index contributed by atoms with van der Waals surface area (Å²) in [5, 5.41) is 10.4. The van der Waals surface area contributed by atoms with Gasteiger partial charge in [-0.3, -0.25) is 0 Å². The van der Waals surface area contributed by atoms with Crippen molar-refractivity contribution in [2.75, 3.05) is 0 Å². The van der Waals surface area contributed by atoms with Crippen LogP contribution in [0.2, 0.25) is 0 Å². The third-order valence-electron chi connectivity index (χ3n) is 10.7. The Hall–Kier alpha value is -5.94. The lowest BCUT2D eigenvalue weighted by Crippen LogP contribution is -2.74. The second kappa shape index (κ2) is 12.4. The third kappa shape index (κ3) is 4.68. The van der Waals surface area contributed by atoms with Crippen LogP contribution in [0.5, 0.6) is 0 Å². The molecule has 0 radical (unpaired) electrons. The van der Waals surface area contributed by atoms with Gasteiger partial charge in [0.15, 0.2) is 8.07 Å². The fourth-order valence-electron chi connectivity index (χ4n) is 8.56. The molecule has 4 heteroatoms. The Balaban J connectivity index is 1.25. The largest absolute Gasteiger partial charge is 0.309 e. The molecule has 0 unspecified atom stereocenters. The molecule has 0 aliphatic carbocycles. The molecule has 0 amide bonds. The molecular formula is C48H33BrN2Si. The zero-order valence-electron chi connectivity index (χ0n) is 28.3. The highest BCUT2D eigenvalue weighted by Gasteiger charge is 2.41. The number of halogens is 1. The van der Waals surface area contributed by atoms with Crippen molar-refractivity contribution >= 4 is 88.4 Å². The fraction of sp³-hybridized carbons (Fsp3) is 0. The molecule has 10 rings (SSSR count). The van der Waals surface area contributed by atoms with Crippen LogP contribution in [0, 0.1) is 0 Å². The van der Waals surface area contributed by atoms with Gasteiger partial charge in [0.05, 0.1) is 22.1 Å². The van der Waals surface area contributed by atoms with Crippen LogP contribution in [0.15, 0.2) is 205 Å². The highest BCUT2D eigenvalue weighted by Crippen LogP contribution is 2.37. The van der Waals surface area contributed by atoms with Crippen LogP contribution < -0.4 is 20.7 Å². The standard InChI is InChI=1S/C48H33BrN2Si/c49-34-30-36(32-40(31-34)52(37-16-4-1-5-17-37,38-18-6-2-7-19-38)39-20-8-3-9-21-39)51-47-27-15-12-24-43(47)44-33-35(28-29-48(44)51)50-45-25-13-10-22-41(45)42-23-11-14-26-46(42)50/h1-33H. The van der Waals surface area contributed by atoms with E-state index in [0.29, 0.717) is 0 Å². The van der Waals surface area contributed by atoms with Crippen LogP contribution in [0.3, 0.4) is 0 Å². The number of benzene rings is 8. The number of fused-ring (bicyclic) bond motifs is 6. The minimum absolute atomic E-state index is 1.06. The molecular weight excluding hydrogens is 713 g/mol. The predicted octanol–water partition coefficient (Wildman–Crippen LogP) is 10.0. The number of aromatic nitrogens is 2. The van der Waals surface area contributed by atoms with Crippen LogP contribution in [-0.4, -0.2) is 17.2 Å². The zero-order valence-corrected chi connectivity index (χ0v) is 30.9. The van der Waals surface area contributed by atoms with Gasteiger partial charge in [0, 0.05) is 37.4 Å². The van der Waals surface area contributed by atoms with Crippen LogP contribution in [0.1, 0.15) is 0 Å². The average molecular weight is 746 g/mol. The smallest absolute Gasteiger partial charge is 0.179 e. The van der Waals surface area contributed by atoms with E-state index in [1.165, 1.54) is 64.4 Å². The van der Waals surface area contributed by atoms with Gasteiger partial charge in [-0.15, -0.1) is 0 Å². The molecule has 0 N–H and O–H groups in total. The quantitative estimate of drug-likeness (QED) is 0.119. The summed E-state index contributed by atoms with van der Waals surface area (Å²) >= 11 is 4.03. The molecule has 10 aromatic rings. The van der Waals surface area contributed by atoms with Crippen molar-refractivity contribution in [2.24, 2.45) is 0 Å². The van der Waals surface area contributed by atoms with Gasteiger partial charge in [-0.2, -0.15) is 0 Å². The molecule has 2 nitrogen and oxygen atoms in total. The molecule has 0 aliphatic rings. The summed E-state index contributed by atoms with van der Waals surface area (Å²) in [5.74, 6) is 0. The van der Waals surface area contributed by atoms with E-state index >= 15 is 0 Å². The maximum Gasteiger partial charge on any atom is 0.179 e. The summed E-state index contributed by atoms with van der Waals surface area (Å²) in [6.07, 6.45) is 0. The molecule has 0 bridgehead atoms. The molecule has 52 heavy (non-hydrogen) atoms. The van der Waals surface area contributed by atoms with Gasteiger partial charge in [0.1, 0.15) is 0 Å². The molecule has 0 atom stereocenters. The Morgan fingerprint density at radius 2 is 0.712 bits per heavy atom. The van der Waals surface area contributed by atoms with E-state index in [2.05, 4.69) is 225 Å². The van der Waals surface area contributed by atoms with Crippen LogP contribution in [0.25, 0.3) is 55.0 Å². The molecule has 2 aromatic heterocycles. The number of para-hydroxylation sites is 3. The predicted molar refractivity (Wildman–Crippen MR) is 226 cm³/mol. The summed E-state index contributed by atoms with van der Waals surface area (Å²) < 4.78 is 5.93. The number of hydrogen-bond acceptors (Lipinski definition) is 0. The first kappa shape index (κ1) is 30.8. The van der Waals surface area contributed by atoms with Gasteiger partial charge >= 0.3 is 0 Å². The van der Waals surface area contributed by atoms with Crippen molar-refractivity contribution in [3.05, 3.63) is 205 Å². The monoisotopic (exact) mass is 744 g/mol. The van der Waals surface area contributed by atoms with Crippen molar-refractivity contribution in [2.45, 2.75) is 0 Å². The first-order valence-electron chi connectivity index (χ1n) is 17.7. The van der Waals surface area contributed by atoms with Crippen molar-refractivity contribution in [3.63, 3.8) is 0 Å². The lowest BCUT2D eigenvalue weighted by molar-refractivity contribution is 1.16. The topological polar surface area (TPSA) is 9.86 Å². The van der Waals surface area contributed by atoms with Crippen LogP contribution in [0.4, 0.5) is 0 Å². The third-order valence-corrected chi connectivity index (χ3v) is 15.9. The number of hydrogen-bond donors (Lipinski definition) is 0. The first-order chi connectivity index (χ1) is 25.7. The van der Waals surface area contributed by atoms with E-state index in [0.717, 1.165) is 15.8 Å². The highest BCUT2D eigenvalue weighted by atomic mass is 79.9. The summed E-state index contributed by atoms with van der Waals surface area (Å²) in [6, 6.07) is 73.8. The van der Waals surface area contributed by atoms with Gasteiger partial charge in [-0.25, -0.2) is 0 Å². The van der Waals surface area contributed by atoms with Crippen molar-refractivity contribution in [1.82, 2.24) is 9.13 Å². The first-order valence-corrected chi connectivity index (χ1v) is 20.5. The molecule has 246 valence electrons. The normalized spacial score (nSPS) is 11.9. The minimum Gasteiger partial charge on any atom is -0.309 e. The van der Waals surface area contributed by atoms with Gasteiger partial charge in [-0.1, -0.05) is 162 Å². The van der Waals surface area contributed by atoms with Gasteiger partial charge in [0.2, 0.25) is 0 Å². The SMILES string of the molecule is Brc1cc(-n2c3ccccc3c3cc(-n4c5ccccc5c5ccccc54)ccc32)cc([Si](c2ccccc2)(c2ccccc2)c2ccccc2)c1. The van der Waals surface area contributed by atoms with E-state index < -0.39 is 8.07 Å². The summed E-state index contributed by atoms with van der Waals surface area (Å²) in [6.45, 7) is 0. The van der Waals surface area contributed by atoms with Crippen molar-refractivity contribution < 1.29 is 0 Å². The lowest BCUT2D eigenvalue weighted by atomic mass is 10.1. The number of rotatable bonds is 6. The highest BCUT2D eigenvalue weighted by molar-refractivity contribution is 9.10. The van der Waals surface area contributed by atoms with E-state index in [1.807, 2.05) is 0 Å². The maximum absolute atomic E-state index is 4.03. The number of nitrogens with zero attached hydrogens (tertiary/aromatic N) is 2. The molecule has 0 spiro atoms. The van der Waals surface area contributed by atoms with Gasteiger partial charge in [-0.05, 0) is 75.3 Å². The minimum atomic E-state index is -2.75. The van der Waals surface area contributed by atoms with E-state index in [-0.39, 0.29) is 0 Å². The van der Waals surface area contributed by atoms with Crippen molar-refractivity contribution in [3.8, 4) is 11.4 Å². The molecule has 8 aromatic carbocycles. The van der Waals surface area contributed by atoms with Gasteiger partial charge in [0.25, 0.3) is 0 Å². The van der Waals surface area contributed by atoms with E-state index in [9.17, 15) is 0 Å². The summed E-state index contributed by atoms with van der Waals surface area (Å²) in [5.41, 5.74) is 7.10. The molecule has 0 saturated heterocycles. The molecule has 0 saturated carbocycles. The summed E-state index contributed by atoms with van der Waals surface area (Å²) in [4.78, 5) is 0. The van der Waals surface area contributed by atoms with Gasteiger partial charge < -0.3 is 9.13 Å². The van der Waals surface area contributed by atoms with Crippen LogP contribution >= 0.6 is 15.9 Å². The Labute approximate surface area is 312 Å². The Morgan fingerprint density at radius 3 is 1.21 bits per heavy atom. The Bertz CT molecular complexity index is 2760. The Kier molecular flexibility index (Phi) is 7.34. The molecule has 2 heterocycles. The van der Waals surface area contributed by atoms with Crippen molar-refractivity contribution in [1.29, 1.82) is 0 Å². The molecule has 0 aliphatic heterocycles. The second-order valence-electron chi connectivity index (χ2n) is 13.5. The lowest BCUT2D eigenvalue weighted by Gasteiger charge is -2.35. The zero-order chi connectivity index (χ0) is 34.6. The second-order valence-corrected chi connectivity index (χ2v) is 18.2. The Morgan fingerprint density at radius 1 is 0.308 bits per heavy atom.